The van der Waals surface area contributed by atoms with Crippen LogP contribution in [0, 0.1) is 0 Å². The number of ether oxygens (including phenoxy) is 2. The van der Waals surface area contributed by atoms with Crippen LogP contribution in [0.2, 0.25) is 0 Å². The van der Waals surface area contributed by atoms with Crippen molar-refractivity contribution >= 4 is 0 Å². The van der Waals surface area contributed by atoms with Crippen LogP contribution in [0.1, 0.15) is 74.8 Å². The van der Waals surface area contributed by atoms with E-state index in [1.807, 2.05) is 6.07 Å². The molecule has 1 aromatic carbocycles. The molecule has 2 aliphatic heterocycles. The Kier molecular flexibility index (Phi) is 4.69. The van der Waals surface area contributed by atoms with Gasteiger partial charge >= 0.3 is 0 Å². The van der Waals surface area contributed by atoms with E-state index in [-0.39, 0.29) is 6.04 Å². The van der Waals surface area contributed by atoms with Crippen LogP contribution in [0.4, 0.5) is 0 Å². The normalized spacial score (nSPS) is 22.1. The molecular weight excluding hydrogens is 342 g/mol. The van der Waals surface area contributed by atoms with Crippen LogP contribution in [0.5, 0.6) is 11.5 Å². The lowest BCUT2D eigenvalue weighted by molar-refractivity contribution is 0.170. The average molecular weight is 369 g/mol. The summed E-state index contributed by atoms with van der Waals surface area (Å²) < 4.78 is 13.3. The smallest absolute Gasteiger partial charge is 0.231 e. The summed E-state index contributed by atoms with van der Waals surface area (Å²) in [5.41, 5.74) is 1.19. The predicted octanol–water partition coefficient (Wildman–Crippen LogP) is 3.48. The second-order valence-corrected chi connectivity index (χ2v) is 7.89. The molecule has 27 heavy (non-hydrogen) atoms. The van der Waals surface area contributed by atoms with Gasteiger partial charge in [0.25, 0.3) is 0 Å². The lowest BCUT2D eigenvalue weighted by Gasteiger charge is -2.35. The highest BCUT2D eigenvalue weighted by Crippen LogP contribution is 2.39. The summed E-state index contributed by atoms with van der Waals surface area (Å²) >= 11 is 0. The summed E-state index contributed by atoms with van der Waals surface area (Å²) in [6.07, 6.45) is 9.96. The van der Waals surface area contributed by atoms with Gasteiger partial charge in [-0.05, 0) is 66.9 Å². The number of benzene rings is 1. The number of nitrogens with zero attached hydrogens (tertiary/aromatic N) is 5. The molecule has 0 spiro atoms. The van der Waals surface area contributed by atoms with Gasteiger partial charge in [-0.2, -0.15) is 0 Å². The summed E-state index contributed by atoms with van der Waals surface area (Å²) in [5, 5.41) is 13.0. The highest BCUT2D eigenvalue weighted by atomic mass is 16.7. The molecule has 1 aliphatic carbocycles. The Bertz CT molecular complexity index is 780. The van der Waals surface area contributed by atoms with E-state index in [1.54, 1.807) is 0 Å². The molecule has 144 valence electrons. The standard InChI is InChI=1S/C20H27N5O2/c1-3-7-16(8-4-1)25-20(21-22-23-25)19(24-11-5-2-6-12-24)15-9-10-17-18(13-15)27-14-26-17/h9-10,13,16,19H,1-8,11-12,14H2. The Morgan fingerprint density at radius 1 is 0.926 bits per heavy atom. The zero-order valence-corrected chi connectivity index (χ0v) is 15.7. The number of hydrogen-bond donors (Lipinski definition) is 0. The van der Waals surface area contributed by atoms with Crippen LogP contribution in [-0.4, -0.2) is 45.0 Å². The predicted molar refractivity (Wildman–Crippen MR) is 99.8 cm³/mol. The number of piperidine rings is 1. The molecule has 1 saturated carbocycles. The summed E-state index contributed by atoms with van der Waals surface area (Å²) in [7, 11) is 0. The van der Waals surface area contributed by atoms with Crippen molar-refractivity contribution in [1.29, 1.82) is 0 Å². The van der Waals surface area contributed by atoms with Crippen LogP contribution >= 0.6 is 0 Å². The zero-order valence-electron chi connectivity index (χ0n) is 15.7. The number of aromatic nitrogens is 4. The number of likely N-dealkylation sites (tertiary alicyclic amines) is 1. The fraction of sp³-hybridized carbons (Fsp3) is 0.650. The maximum Gasteiger partial charge on any atom is 0.231 e. The second kappa shape index (κ2) is 7.46. The summed E-state index contributed by atoms with van der Waals surface area (Å²) in [6.45, 7) is 2.46. The van der Waals surface area contributed by atoms with Crippen LogP contribution in [0.3, 0.4) is 0 Å². The molecule has 3 aliphatic rings. The van der Waals surface area contributed by atoms with Gasteiger partial charge in [0.1, 0.15) is 0 Å². The van der Waals surface area contributed by atoms with Crippen LogP contribution < -0.4 is 9.47 Å². The van der Waals surface area contributed by atoms with Crippen molar-refractivity contribution in [2.45, 2.75) is 63.5 Å². The lowest BCUT2D eigenvalue weighted by atomic mass is 9.94. The van der Waals surface area contributed by atoms with Crippen molar-refractivity contribution in [3.05, 3.63) is 29.6 Å². The molecule has 0 radical (unpaired) electrons. The molecule has 1 atom stereocenters. The molecule has 2 fully saturated rings. The third-order valence-corrected chi connectivity index (χ3v) is 6.15. The minimum absolute atomic E-state index is 0.0664. The van der Waals surface area contributed by atoms with Gasteiger partial charge in [-0.15, -0.1) is 5.10 Å². The first-order chi connectivity index (χ1) is 13.4. The number of tetrazole rings is 1. The van der Waals surface area contributed by atoms with Gasteiger partial charge in [0.05, 0.1) is 12.1 Å². The number of hydrogen-bond acceptors (Lipinski definition) is 6. The van der Waals surface area contributed by atoms with Crippen molar-refractivity contribution in [3.8, 4) is 11.5 Å². The molecule has 5 rings (SSSR count). The van der Waals surface area contributed by atoms with E-state index in [0.717, 1.165) is 30.4 Å². The van der Waals surface area contributed by atoms with Crippen molar-refractivity contribution in [1.82, 2.24) is 25.1 Å². The summed E-state index contributed by atoms with van der Waals surface area (Å²) in [4.78, 5) is 2.53. The Hall–Kier alpha value is -2.15. The van der Waals surface area contributed by atoms with Crippen molar-refractivity contribution in [3.63, 3.8) is 0 Å². The van der Waals surface area contributed by atoms with Gasteiger partial charge in [0, 0.05) is 0 Å². The average Bonchev–Trinajstić information content (AvgIpc) is 3.39. The molecule has 2 aromatic rings. The van der Waals surface area contributed by atoms with Crippen molar-refractivity contribution in [2.24, 2.45) is 0 Å². The minimum Gasteiger partial charge on any atom is -0.454 e. The largest absolute Gasteiger partial charge is 0.454 e. The minimum atomic E-state index is 0.0664. The molecule has 0 amide bonds. The molecule has 3 heterocycles. The number of rotatable bonds is 4. The highest BCUT2D eigenvalue weighted by Gasteiger charge is 2.32. The number of fused-ring (bicyclic) bond motifs is 1. The Labute approximate surface area is 159 Å². The first-order valence-electron chi connectivity index (χ1n) is 10.3. The molecule has 1 aromatic heterocycles. The SMILES string of the molecule is c1cc2c(cc1C(c1nnnn1C1CCCCC1)N1CCCCC1)OCO2. The quantitative estimate of drug-likeness (QED) is 0.822. The Balaban J connectivity index is 1.53. The van der Waals surface area contributed by atoms with Gasteiger partial charge in [0.15, 0.2) is 17.3 Å². The van der Waals surface area contributed by atoms with E-state index in [4.69, 9.17) is 9.47 Å². The van der Waals surface area contributed by atoms with E-state index in [1.165, 1.54) is 56.9 Å². The van der Waals surface area contributed by atoms with Crippen molar-refractivity contribution in [2.75, 3.05) is 19.9 Å². The molecule has 0 N–H and O–H groups in total. The van der Waals surface area contributed by atoms with Crippen molar-refractivity contribution < 1.29 is 9.47 Å². The topological polar surface area (TPSA) is 65.3 Å². The zero-order chi connectivity index (χ0) is 18.1. The second-order valence-electron chi connectivity index (χ2n) is 7.89. The Morgan fingerprint density at radius 3 is 2.56 bits per heavy atom. The van der Waals surface area contributed by atoms with Gasteiger partial charge in [-0.1, -0.05) is 31.7 Å². The molecule has 1 saturated heterocycles. The molecule has 1 unspecified atom stereocenters. The first kappa shape index (κ1) is 17.0. The van der Waals surface area contributed by atoms with E-state index in [2.05, 4.69) is 37.2 Å². The third-order valence-electron chi connectivity index (χ3n) is 6.15. The lowest BCUT2D eigenvalue weighted by Crippen LogP contribution is -2.36. The van der Waals surface area contributed by atoms with Crippen LogP contribution in [0.25, 0.3) is 0 Å². The maximum atomic E-state index is 5.64. The van der Waals surface area contributed by atoms with Gasteiger partial charge in [-0.25, -0.2) is 4.68 Å². The molecule has 0 bridgehead atoms. The molecule has 7 nitrogen and oxygen atoms in total. The fourth-order valence-corrected chi connectivity index (χ4v) is 4.75. The van der Waals surface area contributed by atoms with E-state index in [9.17, 15) is 0 Å². The van der Waals surface area contributed by atoms with Gasteiger partial charge in [0.2, 0.25) is 6.79 Å². The van der Waals surface area contributed by atoms with E-state index < -0.39 is 0 Å². The van der Waals surface area contributed by atoms with E-state index >= 15 is 0 Å². The Morgan fingerprint density at radius 2 is 1.70 bits per heavy atom. The molecular formula is C20H27N5O2. The van der Waals surface area contributed by atoms with Gasteiger partial charge in [-0.3, -0.25) is 4.90 Å². The summed E-state index contributed by atoms with van der Waals surface area (Å²) in [6, 6.07) is 6.76. The third kappa shape index (κ3) is 3.29. The van der Waals surface area contributed by atoms with Crippen LogP contribution in [-0.2, 0) is 0 Å². The van der Waals surface area contributed by atoms with Gasteiger partial charge < -0.3 is 9.47 Å². The maximum absolute atomic E-state index is 5.64. The first-order valence-corrected chi connectivity index (χ1v) is 10.3. The van der Waals surface area contributed by atoms with Crippen LogP contribution in [0.15, 0.2) is 18.2 Å². The molecule has 7 heteroatoms. The van der Waals surface area contributed by atoms with E-state index in [0.29, 0.717) is 12.8 Å². The monoisotopic (exact) mass is 369 g/mol. The fourth-order valence-electron chi connectivity index (χ4n) is 4.75. The highest BCUT2D eigenvalue weighted by molar-refractivity contribution is 5.46. The summed E-state index contributed by atoms with van der Waals surface area (Å²) in [5.74, 6) is 2.62.